The van der Waals surface area contributed by atoms with Crippen LogP contribution in [0.5, 0.6) is 0 Å². The van der Waals surface area contributed by atoms with Crippen LogP contribution >= 0.6 is 0 Å². The number of hydrogen-bond donors (Lipinski definition) is 3. The lowest BCUT2D eigenvalue weighted by Gasteiger charge is -2.30. The number of carbonyl (C=O) groups excluding carboxylic acids is 4. The quantitative estimate of drug-likeness (QED) is 0.185. The summed E-state index contributed by atoms with van der Waals surface area (Å²) >= 11 is 0. The van der Waals surface area contributed by atoms with Crippen LogP contribution in [0.2, 0.25) is 0 Å². The van der Waals surface area contributed by atoms with Gasteiger partial charge < -0.3 is 35.5 Å². The van der Waals surface area contributed by atoms with E-state index >= 15 is 0 Å². The van der Waals surface area contributed by atoms with Gasteiger partial charge in [0.25, 0.3) is 0 Å². The van der Waals surface area contributed by atoms with E-state index in [1.807, 2.05) is 105 Å². The highest BCUT2D eigenvalue weighted by molar-refractivity contribution is 5.94. The predicted octanol–water partition coefficient (Wildman–Crippen LogP) is 3.50. The third kappa shape index (κ3) is 11.2. The van der Waals surface area contributed by atoms with Crippen LogP contribution in [0.4, 0.5) is 0 Å². The first-order valence-electron chi connectivity index (χ1n) is 16.8. The second-order valence-electron chi connectivity index (χ2n) is 12.6. The van der Waals surface area contributed by atoms with Gasteiger partial charge in [-0.1, -0.05) is 105 Å². The van der Waals surface area contributed by atoms with Crippen molar-refractivity contribution in [2.45, 2.75) is 83.7 Å². The third-order valence-electron chi connectivity index (χ3n) is 8.47. The lowest BCUT2D eigenvalue weighted by molar-refractivity contribution is -0.154. The topological polar surface area (TPSA) is 149 Å². The molecule has 11 heteroatoms. The maximum atomic E-state index is 13.9. The van der Waals surface area contributed by atoms with Gasteiger partial charge in [0.1, 0.15) is 18.7 Å². The predicted molar refractivity (Wildman–Crippen MR) is 184 cm³/mol. The molecule has 1 aliphatic rings. The second kappa shape index (κ2) is 18.8. The molecule has 0 spiro atoms. The molecule has 0 saturated carbocycles. The van der Waals surface area contributed by atoms with E-state index in [1.165, 1.54) is 4.90 Å². The van der Waals surface area contributed by atoms with Crippen molar-refractivity contribution in [2.24, 2.45) is 11.7 Å². The summed E-state index contributed by atoms with van der Waals surface area (Å²) in [6, 6.07) is 24.1. The Balaban J connectivity index is 1.51. The first-order chi connectivity index (χ1) is 23.6. The highest BCUT2D eigenvalue weighted by Gasteiger charge is 2.39. The van der Waals surface area contributed by atoms with E-state index < -0.39 is 48.1 Å². The van der Waals surface area contributed by atoms with Gasteiger partial charge in [-0.05, 0) is 42.4 Å². The van der Waals surface area contributed by atoms with Crippen LogP contribution in [0.25, 0.3) is 0 Å². The molecule has 1 saturated heterocycles. The number of benzene rings is 3. The van der Waals surface area contributed by atoms with E-state index in [0.717, 1.165) is 16.7 Å². The van der Waals surface area contributed by atoms with Gasteiger partial charge in [0, 0.05) is 6.54 Å². The number of esters is 1. The normalized spacial score (nSPS) is 16.8. The maximum absolute atomic E-state index is 13.9. The van der Waals surface area contributed by atoms with Crippen molar-refractivity contribution < 1.29 is 33.4 Å². The average Bonchev–Trinajstić information content (AvgIpc) is 3.62. The summed E-state index contributed by atoms with van der Waals surface area (Å²) in [6.45, 7) is 5.97. The Bertz CT molecular complexity index is 1490. The summed E-state index contributed by atoms with van der Waals surface area (Å²) in [6.07, 6.45) is 0.261. The van der Waals surface area contributed by atoms with Crippen molar-refractivity contribution in [3.63, 3.8) is 0 Å². The Hall–Kier alpha value is -4.58. The molecule has 3 amide bonds. The van der Waals surface area contributed by atoms with Crippen LogP contribution in [0.15, 0.2) is 91.0 Å². The second-order valence-corrected chi connectivity index (χ2v) is 12.6. The van der Waals surface area contributed by atoms with Crippen LogP contribution in [0, 0.1) is 5.92 Å². The smallest absolute Gasteiger partial charge is 0.331 e. The molecule has 0 aromatic heterocycles. The van der Waals surface area contributed by atoms with Gasteiger partial charge >= 0.3 is 5.97 Å². The number of nitrogens with one attached hydrogen (secondary N) is 2. The van der Waals surface area contributed by atoms with E-state index in [4.69, 9.17) is 19.9 Å². The van der Waals surface area contributed by atoms with Gasteiger partial charge in [-0.25, -0.2) is 4.79 Å². The number of hydrogen-bond acceptors (Lipinski definition) is 8. The number of likely N-dealkylation sites (tertiary alicyclic amines) is 1. The fourth-order valence-corrected chi connectivity index (χ4v) is 5.44. The third-order valence-corrected chi connectivity index (χ3v) is 8.47. The van der Waals surface area contributed by atoms with Crippen molar-refractivity contribution in [3.05, 3.63) is 108 Å². The first kappa shape index (κ1) is 37.2. The van der Waals surface area contributed by atoms with Crippen molar-refractivity contribution in [2.75, 3.05) is 13.2 Å². The number of nitrogens with zero attached hydrogens (tertiary/aromatic N) is 1. The van der Waals surface area contributed by atoms with E-state index in [0.29, 0.717) is 19.4 Å². The van der Waals surface area contributed by atoms with Crippen LogP contribution < -0.4 is 16.4 Å². The summed E-state index contributed by atoms with van der Waals surface area (Å²) in [5.41, 5.74) is 8.70. The Morgan fingerprint density at radius 2 is 1.35 bits per heavy atom. The molecular formula is C38H48N4O7. The lowest BCUT2D eigenvalue weighted by Crippen LogP contribution is -2.59. The van der Waals surface area contributed by atoms with Gasteiger partial charge in [0.2, 0.25) is 17.7 Å². The van der Waals surface area contributed by atoms with Crippen LogP contribution in [-0.2, 0) is 53.2 Å². The summed E-state index contributed by atoms with van der Waals surface area (Å²) in [5.74, 6) is -2.26. The average molecular weight is 673 g/mol. The molecule has 4 rings (SSSR count). The maximum Gasteiger partial charge on any atom is 0.331 e. The molecule has 0 radical (unpaired) electrons. The summed E-state index contributed by atoms with van der Waals surface area (Å²) in [7, 11) is 0. The Kier molecular flexibility index (Phi) is 14.3. The lowest BCUT2D eigenvalue weighted by atomic mass is 10.0. The highest BCUT2D eigenvalue weighted by Crippen LogP contribution is 2.20. The standard InChI is InChI=1S/C38H48N4O7/c1-26(2)33(39)37(45)42-21-13-20-32(42)36(44)40-31(25-47-22-28-14-7-4-8-15-28)35(43)41-34(27(3)48-23-29-16-9-5-10-17-29)38(46)49-24-30-18-11-6-12-19-30/h4-12,14-19,26-27,31-34H,13,20-25,39H2,1-3H3,(H,40,44)(H,41,43)/t27-,31+,32+,33+,34+/m1/s1. The number of carbonyl (C=O) groups is 4. The molecule has 49 heavy (non-hydrogen) atoms. The molecule has 3 aromatic carbocycles. The molecule has 1 heterocycles. The van der Waals surface area contributed by atoms with Crippen LogP contribution in [0.3, 0.4) is 0 Å². The minimum absolute atomic E-state index is 0.00184. The molecule has 5 atom stereocenters. The molecule has 11 nitrogen and oxygen atoms in total. The number of nitrogens with two attached hydrogens (primary N) is 1. The minimum Gasteiger partial charge on any atom is -0.459 e. The Morgan fingerprint density at radius 3 is 1.92 bits per heavy atom. The number of ether oxygens (including phenoxy) is 3. The van der Waals surface area contributed by atoms with Crippen molar-refractivity contribution in [3.8, 4) is 0 Å². The van der Waals surface area contributed by atoms with E-state index in [1.54, 1.807) is 6.92 Å². The summed E-state index contributed by atoms with van der Waals surface area (Å²) in [5, 5.41) is 5.56. The van der Waals surface area contributed by atoms with Gasteiger partial charge in [0.15, 0.2) is 6.04 Å². The van der Waals surface area contributed by atoms with Crippen molar-refractivity contribution >= 4 is 23.7 Å². The molecule has 4 N–H and O–H groups in total. The zero-order valence-corrected chi connectivity index (χ0v) is 28.5. The largest absolute Gasteiger partial charge is 0.459 e. The minimum atomic E-state index is -1.21. The SMILES string of the molecule is CC(C)[C@H](N)C(=O)N1CCC[C@H]1C(=O)N[C@@H](COCc1ccccc1)C(=O)N[C@H](C(=O)OCc1ccccc1)[C@@H](C)OCc1ccccc1. The fraction of sp³-hybridized carbons (Fsp3) is 0.421. The molecule has 262 valence electrons. The Morgan fingerprint density at radius 1 is 0.796 bits per heavy atom. The van der Waals surface area contributed by atoms with Gasteiger partial charge in [-0.15, -0.1) is 0 Å². The van der Waals surface area contributed by atoms with Gasteiger partial charge in [-0.2, -0.15) is 0 Å². The molecule has 0 aliphatic carbocycles. The van der Waals surface area contributed by atoms with Crippen molar-refractivity contribution in [1.29, 1.82) is 0 Å². The monoisotopic (exact) mass is 672 g/mol. The van der Waals surface area contributed by atoms with Crippen LogP contribution in [-0.4, -0.2) is 72.0 Å². The number of rotatable bonds is 17. The molecule has 0 bridgehead atoms. The number of amides is 3. The molecule has 0 unspecified atom stereocenters. The summed E-state index contributed by atoms with van der Waals surface area (Å²) < 4.78 is 17.6. The molecular weight excluding hydrogens is 624 g/mol. The van der Waals surface area contributed by atoms with E-state index in [-0.39, 0.29) is 38.3 Å². The summed E-state index contributed by atoms with van der Waals surface area (Å²) in [4.78, 5) is 55.7. The van der Waals surface area contributed by atoms with E-state index in [2.05, 4.69) is 10.6 Å². The zero-order chi connectivity index (χ0) is 35.2. The van der Waals surface area contributed by atoms with Gasteiger partial charge in [0.05, 0.1) is 32.0 Å². The molecule has 1 aliphatic heterocycles. The van der Waals surface area contributed by atoms with Crippen molar-refractivity contribution in [1.82, 2.24) is 15.5 Å². The van der Waals surface area contributed by atoms with E-state index in [9.17, 15) is 19.2 Å². The molecule has 1 fully saturated rings. The zero-order valence-electron chi connectivity index (χ0n) is 28.5. The van der Waals surface area contributed by atoms with Gasteiger partial charge in [-0.3, -0.25) is 14.4 Å². The van der Waals surface area contributed by atoms with Crippen LogP contribution in [0.1, 0.15) is 50.3 Å². The Labute approximate surface area is 288 Å². The fourth-order valence-electron chi connectivity index (χ4n) is 5.44. The molecule has 3 aromatic rings. The highest BCUT2D eigenvalue weighted by atomic mass is 16.5. The first-order valence-corrected chi connectivity index (χ1v) is 16.8.